The van der Waals surface area contributed by atoms with Crippen LogP contribution in [0.5, 0.6) is 0 Å². The quantitative estimate of drug-likeness (QED) is 0.124. The molecule has 0 spiro atoms. The molecule has 0 saturated carbocycles. The number of benzene rings is 6. The molecule has 10 rings (SSSR count). The summed E-state index contributed by atoms with van der Waals surface area (Å²) in [5, 5.41) is 6.53. The second-order valence-electron chi connectivity index (χ2n) is 18.3. The Balaban J connectivity index is 0.000000178. The number of hydrogen-bond donors (Lipinski definition) is 2. The molecule has 2 N–H and O–H groups in total. The van der Waals surface area contributed by atoms with E-state index in [4.69, 9.17) is 9.97 Å². The van der Waals surface area contributed by atoms with E-state index in [0.29, 0.717) is 0 Å². The molecule has 2 atom stereocenters. The van der Waals surface area contributed by atoms with Gasteiger partial charge in [0.15, 0.2) is 0 Å². The van der Waals surface area contributed by atoms with Gasteiger partial charge in [0.2, 0.25) is 11.8 Å². The first kappa shape index (κ1) is 48.3. The molecule has 0 saturated heterocycles. The average Bonchev–Trinajstić information content (AvgIpc) is 3.38. The molecule has 2 unspecified atom stereocenters. The first-order valence-electron chi connectivity index (χ1n) is 24.1. The van der Waals surface area contributed by atoms with Gasteiger partial charge in [0.25, 0.3) is 0 Å². The van der Waals surface area contributed by atoms with Gasteiger partial charge in [0.05, 0.1) is 70.8 Å². The van der Waals surface area contributed by atoms with Gasteiger partial charge < -0.3 is 10.6 Å². The average molecular weight is 945 g/mol. The Labute approximate surface area is 420 Å². The van der Waals surface area contributed by atoms with Crippen molar-refractivity contribution in [3.63, 3.8) is 0 Å². The van der Waals surface area contributed by atoms with Gasteiger partial charge in [-0.2, -0.15) is 0 Å². The Morgan fingerprint density at radius 2 is 0.875 bits per heavy atom. The summed E-state index contributed by atoms with van der Waals surface area (Å²) in [7, 11) is 0. The van der Waals surface area contributed by atoms with Gasteiger partial charge in [0, 0.05) is 34.9 Å². The number of nitrogens with one attached hydrogen (secondary N) is 2. The van der Waals surface area contributed by atoms with Crippen LogP contribution in [0, 0.1) is 41.5 Å². The third kappa shape index (κ3) is 11.5. The highest BCUT2D eigenvalue weighted by Crippen LogP contribution is 2.29. The minimum atomic E-state index is -0.222. The molecule has 10 heteroatoms. The molecule has 356 valence electrons. The van der Waals surface area contributed by atoms with E-state index in [9.17, 15) is 9.59 Å². The SMILES string of the molecule is Cc1ccc(C(NC(=O)Cc2ccc3nc(-c4cccnc4C)cnc3c2)c2ccccc2)c(C)c1.Cc1ccc(C(NC(=O)Cc2ccc3ncc(-c4cccnc4C)nc3c2)c2ccccc2)c(C)c1. The Kier molecular flexibility index (Phi) is 14.7. The van der Waals surface area contributed by atoms with Gasteiger partial charge in [0.1, 0.15) is 0 Å². The maximum Gasteiger partial charge on any atom is 0.225 e. The fourth-order valence-electron chi connectivity index (χ4n) is 9.17. The number of pyridine rings is 2. The van der Waals surface area contributed by atoms with Gasteiger partial charge in [-0.1, -0.05) is 120 Å². The molecule has 0 aliphatic heterocycles. The zero-order valence-electron chi connectivity index (χ0n) is 41.4. The number of amides is 2. The number of aromatic nitrogens is 6. The molecule has 0 bridgehead atoms. The standard InChI is InChI=1S/2C31H28N4O/c1-20-11-13-25(21(2)16-20)31(24-8-5-4-6-9-24)35-30(36)18-23-12-14-27-28(17-23)33-19-29(34-27)26-10-7-15-32-22(26)3;1-20-11-13-25(21(2)16-20)31(24-8-5-4-6-9-24)35-30(36)18-23-12-14-27-28(17-23)34-29(19-33-27)26-10-7-15-32-22(26)3/h2*4-17,19,31H,18H2,1-3H3,(H,35,36). The van der Waals surface area contributed by atoms with Crippen molar-refractivity contribution in [2.75, 3.05) is 0 Å². The van der Waals surface area contributed by atoms with Crippen LogP contribution < -0.4 is 10.6 Å². The molecule has 10 aromatic rings. The molecule has 72 heavy (non-hydrogen) atoms. The van der Waals surface area contributed by atoms with Crippen molar-refractivity contribution in [1.29, 1.82) is 0 Å². The molecule has 4 aromatic heterocycles. The minimum Gasteiger partial charge on any atom is -0.345 e. The number of hydrogen-bond acceptors (Lipinski definition) is 8. The van der Waals surface area contributed by atoms with Crippen LogP contribution in [-0.2, 0) is 22.4 Å². The Morgan fingerprint density at radius 3 is 1.35 bits per heavy atom. The molecule has 0 aliphatic rings. The topological polar surface area (TPSA) is 136 Å². The predicted molar refractivity (Wildman–Crippen MR) is 287 cm³/mol. The van der Waals surface area contributed by atoms with Crippen molar-refractivity contribution in [3.05, 3.63) is 250 Å². The summed E-state index contributed by atoms with van der Waals surface area (Å²) in [4.78, 5) is 54.0. The highest BCUT2D eigenvalue weighted by Gasteiger charge is 2.21. The van der Waals surface area contributed by atoms with E-state index in [1.165, 1.54) is 11.1 Å². The lowest BCUT2D eigenvalue weighted by molar-refractivity contribution is -0.121. The number of rotatable bonds is 12. The number of carbonyl (C=O) groups is 2. The van der Waals surface area contributed by atoms with Crippen LogP contribution in [0.4, 0.5) is 0 Å². The zero-order chi connectivity index (χ0) is 50.1. The largest absolute Gasteiger partial charge is 0.345 e. The summed E-state index contributed by atoms with van der Waals surface area (Å²) >= 11 is 0. The predicted octanol–water partition coefficient (Wildman–Crippen LogP) is 12.1. The van der Waals surface area contributed by atoms with Crippen molar-refractivity contribution in [2.24, 2.45) is 0 Å². The van der Waals surface area contributed by atoms with Gasteiger partial charge >= 0.3 is 0 Å². The van der Waals surface area contributed by atoms with Gasteiger partial charge in [-0.3, -0.25) is 29.5 Å². The van der Waals surface area contributed by atoms with Gasteiger partial charge in [-0.15, -0.1) is 0 Å². The van der Waals surface area contributed by atoms with Crippen LogP contribution in [0.25, 0.3) is 44.6 Å². The Bertz CT molecular complexity index is 3560. The van der Waals surface area contributed by atoms with Gasteiger partial charge in [-0.05, 0) is 135 Å². The lowest BCUT2D eigenvalue weighted by atomic mass is 9.93. The Morgan fingerprint density at radius 1 is 0.431 bits per heavy atom. The highest BCUT2D eigenvalue weighted by atomic mass is 16.2. The number of carbonyl (C=O) groups excluding carboxylic acids is 2. The lowest BCUT2D eigenvalue weighted by Gasteiger charge is -2.22. The van der Waals surface area contributed by atoms with Crippen LogP contribution in [-0.4, -0.2) is 41.7 Å². The summed E-state index contributed by atoms with van der Waals surface area (Å²) in [6, 6.07) is 51.9. The van der Waals surface area contributed by atoms with Crippen LogP contribution >= 0.6 is 0 Å². The third-order valence-corrected chi connectivity index (χ3v) is 12.9. The van der Waals surface area contributed by atoms with E-state index in [2.05, 4.69) is 119 Å². The molecular formula is C62H56N8O2. The van der Waals surface area contributed by atoms with E-state index in [0.717, 1.165) is 100 Å². The molecule has 10 nitrogen and oxygen atoms in total. The first-order valence-corrected chi connectivity index (χ1v) is 24.1. The molecule has 6 aromatic carbocycles. The summed E-state index contributed by atoms with van der Waals surface area (Å²) in [6.07, 6.45) is 7.59. The van der Waals surface area contributed by atoms with E-state index in [1.54, 1.807) is 24.8 Å². The number of fused-ring (bicyclic) bond motifs is 2. The fourth-order valence-corrected chi connectivity index (χ4v) is 9.17. The molecule has 0 aliphatic carbocycles. The molecule has 4 heterocycles. The molecule has 0 fully saturated rings. The van der Waals surface area contributed by atoms with E-state index >= 15 is 0 Å². The summed E-state index contributed by atoms with van der Waals surface area (Å²) < 4.78 is 0. The summed E-state index contributed by atoms with van der Waals surface area (Å²) in [5.74, 6) is -0.0888. The summed E-state index contributed by atoms with van der Waals surface area (Å²) in [5.41, 5.74) is 19.2. The fraction of sp³-hybridized carbons (Fsp3) is 0.161. The minimum absolute atomic E-state index is 0.0428. The second kappa shape index (κ2) is 21.9. The monoisotopic (exact) mass is 944 g/mol. The Hall–Kier alpha value is -8.76. The zero-order valence-corrected chi connectivity index (χ0v) is 41.4. The molecule has 0 radical (unpaired) electrons. The van der Waals surface area contributed by atoms with E-state index in [-0.39, 0.29) is 36.7 Å². The summed E-state index contributed by atoms with van der Waals surface area (Å²) in [6.45, 7) is 12.3. The number of aryl methyl sites for hydroxylation is 6. The van der Waals surface area contributed by atoms with Crippen LogP contribution in [0.3, 0.4) is 0 Å². The second-order valence-corrected chi connectivity index (χ2v) is 18.3. The highest BCUT2D eigenvalue weighted by molar-refractivity contribution is 5.84. The smallest absolute Gasteiger partial charge is 0.225 e. The van der Waals surface area contributed by atoms with E-state index in [1.807, 2.05) is 111 Å². The van der Waals surface area contributed by atoms with Crippen LogP contribution in [0.2, 0.25) is 0 Å². The maximum atomic E-state index is 13.3. The van der Waals surface area contributed by atoms with Crippen molar-refractivity contribution in [3.8, 4) is 22.5 Å². The van der Waals surface area contributed by atoms with Crippen LogP contribution in [0.1, 0.15) is 79.1 Å². The van der Waals surface area contributed by atoms with Crippen LogP contribution in [0.15, 0.2) is 183 Å². The third-order valence-electron chi connectivity index (χ3n) is 12.9. The maximum absolute atomic E-state index is 13.3. The lowest BCUT2D eigenvalue weighted by Crippen LogP contribution is -2.31. The first-order chi connectivity index (χ1) is 34.9. The molecule has 2 amide bonds. The van der Waals surface area contributed by atoms with Crippen molar-refractivity contribution >= 4 is 33.9 Å². The molecular weight excluding hydrogens is 889 g/mol. The normalized spacial score (nSPS) is 11.9. The van der Waals surface area contributed by atoms with Gasteiger partial charge in [-0.25, -0.2) is 9.97 Å². The van der Waals surface area contributed by atoms with Crippen molar-refractivity contribution in [2.45, 2.75) is 66.5 Å². The number of nitrogens with zero attached hydrogens (tertiary/aromatic N) is 6. The van der Waals surface area contributed by atoms with E-state index < -0.39 is 0 Å². The van der Waals surface area contributed by atoms with Crippen molar-refractivity contribution < 1.29 is 9.59 Å². The van der Waals surface area contributed by atoms with Crippen molar-refractivity contribution in [1.82, 2.24) is 40.5 Å².